The van der Waals surface area contributed by atoms with Crippen LogP contribution in [0.4, 0.5) is 18.0 Å². The van der Waals surface area contributed by atoms with Crippen LogP contribution in [0.2, 0.25) is 0 Å². The van der Waals surface area contributed by atoms with Gasteiger partial charge in [0.15, 0.2) is 11.5 Å². The Kier molecular flexibility index (Phi) is 7.20. The van der Waals surface area contributed by atoms with E-state index in [1.165, 1.54) is 19.1 Å². The van der Waals surface area contributed by atoms with E-state index in [-0.39, 0.29) is 43.0 Å². The number of alkyl halides is 2. The summed E-state index contributed by atoms with van der Waals surface area (Å²) in [4.78, 5) is 38.9. The summed E-state index contributed by atoms with van der Waals surface area (Å²) in [7, 11) is 0. The van der Waals surface area contributed by atoms with Crippen LogP contribution in [0.25, 0.3) is 0 Å². The van der Waals surface area contributed by atoms with Crippen LogP contribution in [0.15, 0.2) is 23.6 Å². The molecule has 0 aromatic rings. The largest absolute Gasteiger partial charge is 0.509 e. The molecule has 5 aliphatic rings. The molecular formula is C30H39F3O7. The Balaban J connectivity index is 1.56. The topological polar surface area (TPSA) is 99.1 Å². The molecule has 1 N–H and O–H groups in total. The quantitative estimate of drug-likeness (QED) is 0.426. The first-order valence-electron chi connectivity index (χ1n) is 14.4. The summed E-state index contributed by atoms with van der Waals surface area (Å²) >= 11 is 0. The molecule has 0 spiro atoms. The number of aliphatic hydroxyl groups is 1. The molecule has 222 valence electrons. The highest BCUT2D eigenvalue weighted by molar-refractivity contribution is 5.93. The fourth-order valence-corrected chi connectivity index (χ4v) is 9.08. The molecule has 5 rings (SSSR count). The monoisotopic (exact) mass is 568 g/mol. The van der Waals surface area contributed by atoms with Crippen LogP contribution in [0, 0.1) is 34.5 Å². The number of aliphatic hydroxyl groups excluding tert-OH is 1. The fourth-order valence-electron chi connectivity index (χ4n) is 9.08. The van der Waals surface area contributed by atoms with E-state index in [4.69, 9.17) is 14.2 Å². The smallest absolute Gasteiger partial charge is 0.431 e. The van der Waals surface area contributed by atoms with Crippen LogP contribution in [0.5, 0.6) is 0 Å². The number of allylic oxidation sites excluding steroid dienone is 4. The molecular weight excluding hydrogens is 529 g/mol. The highest BCUT2D eigenvalue weighted by Gasteiger charge is 2.78. The van der Waals surface area contributed by atoms with Gasteiger partial charge in [0.1, 0.15) is 11.9 Å². The molecule has 0 bridgehead atoms. The SMILES string of the molecule is C[C@@H]1CCCC[C@@H]1OC(=O)O[C@]1(C(=O)OCF)[C@H](C)C[C@H]2[C@@H]3CC(F)=C4CC(=O)C=C[C@]4(C)[C@@]3(F)[C@@H](O)C[C@@]21C. The molecule has 10 atom stereocenters. The second-order valence-corrected chi connectivity index (χ2v) is 13.1. The first-order valence-corrected chi connectivity index (χ1v) is 14.4. The standard InChI is InChI=1S/C30H39F3O7/c1-16-7-5-6-8-23(16)39-26(37)40-30(25(36)38-15-31)17(2)11-19-20-13-22(32)21-12-18(34)9-10-27(21,3)29(20,33)24(35)14-28(19,30)4/h9-10,16-17,19-20,23-24,35H,5-8,11-15H2,1-4H3/t16-,17-,19+,20+,23+,24+,27+,28+,29+,30+/m1/s1. The van der Waals surface area contributed by atoms with Gasteiger partial charge in [0.05, 0.1) is 6.10 Å². The maximum absolute atomic E-state index is 17.5. The van der Waals surface area contributed by atoms with E-state index < -0.39 is 76.9 Å². The van der Waals surface area contributed by atoms with Crippen molar-refractivity contribution in [1.29, 1.82) is 0 Å². The van der Waals surface area contributed by atoms with E-state index >= 15 is 8.78 Å². The van der Waals surface area contributed by atoms with Gasteiger partial charge in [-0.25, -0.2) is 22.8 Å². The zero-order chi connectivity index (χ0) is 29.3. The second kappa shape index (κ2) is 9.88. The third-order valence-corrected chi connectivity index (χ3v) is 11.2. The van der Waals surface area contributed by atoms with Crippen LogP contribution in [0.3, 0.4) is 0 Å². The van der Waals surface area contributed by atoms with Crippen LogP contribution < -0.4 is 0 Å². The summed E-state index contributed by atoms with van der Waals surface area (Å²) in [6, 6.07) is 0. The van der Waals surface area contributed by atoms with Gasteiger partial charge in [0, 0.05) is 35.5 Å². The number of hydrogen-bond acceptors (Lipinski definition) is 7. The molecule has 0 radical (unpaired) electrons. The average Bonchev–Trinajstić information content (AvgIpc) is 3.10. The van der Waals surface area contributed by atoms with Gasteiger partial charge in [-0.1, -0.05) is 33.3 Å². The average molecular weight is 569 g/mol. The van der Waals surface area contributed by atoms with Gasteiger partial charge in [-0.05, 0) is 62.5 Å². The van der Waals surface area contributed by atoms with Gasteiger partial charge >= 0.3 is 12.1 Å². The number of carbonyl (C=O) groups is 3. The van der Waals surface area contributed by atoms with Gasteiger partial charge in [0.25, 0.3) is 0 Å². The summed E-state index contributed by atoms with van der Waals surface area (Å²) < 4.78 is 62.9. The van der Waals surface area contributed by atoms with Gasteiger partial charge in [-0.15, -0.1) is 0 Å². The first-order chi connectivity index (χ1) is 18.8. The first kappa shape index (κ1) is 29.1. The zero-order valence-corrected chi connectivity index (χ0v) is 23.5. The van der Waals surface area contributed by atoms with Crippen LogP contribution in [-0.2, 0) is 23.8 Å². The van der Waals surface area contributed by atoms with Crippen molar-refractivity contribution >= 4 is 17.9 Å². The van der Waals surface area contributed by atoms with Crippen molar-refractivity contribution in [3.05, 3.63) is 23.6 Å². The molecule has 0 amide bonds. The molecule has 0 heterocycles. The minimum atomic E-state index is -2.36. The predicted octanol–water partition coefficient (Wildman–Crippen LogP) is 5.84. The number of ketones is 1. The van der Waals surface area contributed by atoms with Crippen molar-refractivity contribution in [2.75, 3.05) is 6.86 Å². The third kappa shape index (κ3) is 3.83. The molecule has 0 aliphatic heterocycles. The number of esters is 1. The number of rotatable bonds is 4. The van der Waals surface area contributed by atoms with Gasteiger partial charge in [-0.3, -0.25) is 4.79 Å². The van der Waals surface area contributed by atoms with Gasteiger partial charge in [0.2, 0.25) is 12.5 Å². The van der Waals surface area contributed by atoms with Crippen molar-refractivity contribution in [2.45, 2.75) is 103 Å². The minimum absolute atomic E-state index is 0.0250. The van der Waals surface area contributed by atoms with E-state index in [0.717, 1.165) is 19.3 Å². The van der Waals surface area contributed by atoms with Crippen LogP contribution >= 0.6 is 0 Å². The summed E-state index contributed by atoms with van der Waals surface area (Å²) in [6.45, 7) is 5.21. The Morgan fingerprint density at radius 2 is 1.85 bits per heavy atom. The van der Waals surface area contributed by atoms with Crippen LogP contribution in [0.1, 0.15) is 79.1 Å². The summed E-state index contributed by atoms with van der Waals surface area (Å²) in [5, 5.41) is 11.6. The highest BCUT2D eigenvalue weighted by atomic mass is 19.1. The summed E-state index contributed by atoms with van der Waals surface area (Å²) in [6.07, 6.45) is 1.87. The fraction of sp³-hybridized carbons (Fsp3) is 0.767. The molecule has 0 unspecified atom stereocenters. The van der Waals surface area contributed by atoms with Gasteiger partial charge in [-0.2, -0.15) is 0 Å². The van der Waals surface area contributed by atoms with Crippen molar-refractivity contribution in [3.63, 3.8) is 0 Å². The van der Waals surface area contributed by atoms with Crippen molar-refractivity contribution in [3.8, 4) is 0 Å². The minimum Gasteiger partial charge on any atom is -0.431 e. The Bertz CT molecular complexity index is 1150. The Labute approximate surface area is 232 Å². The third-order valence-electron chi connectivity index (χ3n) is 11.2. The van der Waals surface area contributed by atoms with E-state index in [1.54, 1.807) is 13.8 Å². The zero-order valence-electron chi connectivity index (χ0n) is 23.5. The molecule has 0 aromatic heterocycles. The maximum atomic E-state index is 17.5. The van der Waals surface area contributed by atoms with Crippen LogP contribution in [-0.4, -0.2) is 53.4 Å². The Morgan fingerprint density at radius 1 is 1.15 bits per heavy atom. The van der Waals surface area contributed by atoms with E-state index in [2.05, 4.69) is 0 Å². The maximum Gasteiger partial charge on any atom is 0.509 e. The molecule has 7 nitrogen and oxygen atoms in total. The lowest BCUT2D eigenvalue weighted by Gasteiger charge is -2.62. The number of halogens is 3. The number of carbonyl (C=O) groups excluding carboxylic acids is 3. The summed E-state index contributed by atoms with van der Waals surface area (Å²) in [5.74, 6) is -4.66. The lowest BCUT2D eigenvalue weighted by molar-refractivity contribution is -0.231. The molecule has 5 aliphatic carbocycles. The van der Waals surface area contributed by atoms with Crippen molar-refractivity contribution in [1.82, 2.24) is 0 Å². The number of hydrogen-bond donors (Lipinski definition) is 1. The molecule has 0 saturated heterocycles. The van der Waals surface area contributed by atoms with Gasteiger partial charge < -0.3 is 19.3 Å². The van der Waals surface area contributed by atoms with E-state index in [1.807, 2.05) is 6.92 Å². The van der Waals surface area contributed by atoms with E-state index in [0.29, 0.717) is 6.42 Å². The lowest BCUT2D eigenvalue weighted by Crippen LogP contribution is -2.70. The van der Waals surface area contributed by atoms with Crippen molar-refractivity contribution in [2.24, 2.45) is 34.5 Å². The number of fused-ring (bicyclic) bond motifs is 5. The lowest BCUT2D eigenvalue weighted by atomic mass is 9.45. The highest BCUT2D eigenvalue weighted by Crippen LogP contribution is 2.71. The predicted molar refractivity (Wildman–Crippen MR) is 137 cm³/mol. The molecule has 0 aromatic carbocycles. The summed E-state index contributed by atoms with van der Waals surface area (Å²) in [5.41, 5.74) is -7.45. The molecule has 10 heteroatoms. The normalized spacial score (nSPS) is 46.2. The van der Waals surface area contributed by atoms with E-state index in [9.17, 15) is 23.9 Å². The Morgan fingerprint density at radius 3 is 2.52 bits per heavy atom. The second-order valence-electron chi connectivity index (χ2n) is 13.1. The molecule has 40 heavy (non-hydrogen) atoms. The molecule has 3 saturated carbocycles. The number of ether oxygens (including phenoxy) is 3. The Hall–Kier alpha value is -2.36. The molecule has 3 fully saturated rings. The van der Waals surface area contributed by atoms with Crippen molar-refractivity contribution < 1.29 is 46.9 Å².